The number of unbranched alkanes of at least 4 members (excludes halogenated alkanes) is 2. The highest BCUT2D eigenvalue weighted by Crippen LogP contribution is 2.28. The summed E-state index contributed by atoms with van der Waals surface area (Å²) in [6.07, 6.45) is 14.0. The molecule has 1 atom stereocenters. The Morgan fingerprint density at radius 1 is 1.19 bits per heavy atom. The topological polar surface area (TPSA) is 49.4 Å². The van der Waals surface area contributed by atoms with Gasteiger partial charge in [-0.2, -0.15) is 0 Å². The number of amides is 2. The first kappa shape index (κ1) is 15.9. The second kappa shape index (κ2) is 8.07. The zero-order chi connectivity index (χ0) is 15.1. The Kier molecular flexibility index (Phi) is 6.10. The number of rotatable bonds is 5. The summed E-state index contributed by atoms with van der Waals surface area (Å²) in [4.78, 5) is 26.5. The maximum Gasteiger partial charge on any atom is 0.245 e. The normalized spacial score (nSPS) is 24.3. The van der Waals surface area contributed by atoms with Gasteiger partial charge in [0.1, 0.15) is 6.04 Å². The Hall–Kier alpha value is -1.50. The van der Waals surface area contributed by atoms with E-state index in [4.69, 9.17) is 6.42 Å². The monoisotopic (exact) mass is 290 g/mol. The van der Waals surface area contributed by atoms with E-state index < -0.39 is 0 Å². The van der Waals surface area contributed by atoms with Crippen LogP contribution in [0.4, 0.5) is 0 Å². The predicted octanol–water partition coefficient (Wildman–Crippen LogP) is 2.09. The highest BCUT2D eigenvalue weighted by Gasteiger charge is 2.35. The second-order valence-corrected chi connectivity index (χ2v) is 6.18. The molecule has 1 N–H and O–H groups in total. The predicted molar refractivity (Wildman–Crippen MR) is 82.4 cm³/mol. The van der Waals surface area contributed by atoms with E-state index in [2.05, 4.69) is 11.2 Å². The van der Waals surface area contributed by atoms with Gasteiger partial charge in [0.05, 0.1) is 0 Å². The van der Waals surface area contributed by atoms with Gasteiger partial charge in [-0.25, -0.2) is 0 Å². The molecule has 2 rings (SSSR count). The van der Waals surface area contributed by atoms with E-state index in [0.29, 0.717) is 18.9 Å². The van der Waals surface area contributed by atoms with Gasteiger partial charge in [-0.1, -0.05) is 19.3 Å². The van der Waals surface area contributed by atoms with Gasteiger partial charge < -0.3 is 10.2 Å². The van der Waals surface area contributed by atoms with Crippen LogP contribution in [-0.2, 0) is 9.59 Å². The van der Waals surface area contributed by atoms with Crippen molar-refractivity contribution in [2.45, 2.75) is 63.8 Å². The van der Waals surface area contributed by atoms with Crippen molar-refractivity contribution < 1.29 is 9.59 Å². The van der Waals surface area contributed by atoms with Crippen LogP contribution in [0.25, 0.3) is 0 Å². The molecule has 0 aromatic carbocycles. The summed E-state index contributed by atoms with van der Waals surface area (Å²) in [6, 6.07) is -0.298. The molecule has 2 fully saturated rings. The Labute approximate surface area is 127 Å². The van der Waals surface area contributed by atoms with Crippen LogP contribution in [0.3, 0.4) is 0 Å². The first-order chi connectivity index (χ1) is 10.2. The van der Waals surface area contributed by atoms with Crippen molar-refractivity contribution in [1.82, 2.24) is 10.2 Å². The van der Waals surface area contributed by atoms with Gasteiger partial charge in [-0.05, 0) is 31.6 Å². The SMILES string of the molecule is C#CCCCCN1CCC(=O)NC(C2CCCCC2)C1=O. The van der Waals surface area contributed by atoms with Gasteiger partial charge in [-0.3, -0.25) is 9.59 Å². The fourth-order valence-corrected chi connectivity index (χ4v) is 3.39. The lowest BCUT2D eigenvalue weighted by molar-refractivity contribution is -0.135. The van der Waals surface area contributed by atoms with Gasteiger partial charge in [0.25, 0.3) is 0 Å². The van der Waals surface area contributed by atoms with Gasteiger partial charge in [0, 0.05) is 25.9 Å². The fourth-order valence-electron chi connectivity index (χ4n) is 3.39. The van der Waals surface area contributed by atoms with Crippen molar-refractivity contribution in [1.29, 1.82) is 0 Å². The fraction of sp³-hybridized carbons (Fsp3) is 0.765. The molecule has 21 heavy (non-hydrogen) atoms. The number of hydrogen-bond donors (Lipinski definition) is 1. The third kappa shape index (κ3) is 4.49. The molecular weight excluding hydrogens is 264 g/mol. The number of nitrogens with one attached hydrogen (secondary N) is 1. The number of hydrogen-bond acceptors (Lipinski definition) is 2. The highest BCUT2D eigenvalue weighted by molar-refractivity contribution is 5.90. The molecule has 4 heteroatoms. The van der Waals surface area contributed by atoms with E-state index in [9.17, 15) is 9.59 Å². The van der Waals surface area contributed by atoms with Crippen LogP contribution in [0.5, 0.6) is 0 Å². The summed E-state index contributed by atoms with van der Waals surface area (Å²) in [5.41, 5.74) is 0. The lowest BCUT2D eigenvalue weighted by atomic mass is 9.83. The number of carbonyl (C=O) groups excluding carboxylic acids is 2. The first-order valence-corrected chi connectivity index (χ1v) is 8.24. The van der Waals surface area contributed by atoms with Crippen LogP contribution in [0, 0.1) is 18.3 Å². The molecular formula is C17H26N2O2. The van der Waals surface area contributed by atoms with E-state index in [0.717, 1.165) is 38.6 Å². The molecule has 2 aliphatic rings. The zero-order valence-electron chi connectivity index (χ0n) is 12.8. The molecule has 0 bridgehead atoms. The Bertz CT molecular complexity index is 408. The molecule has 0 aromatic heterocycles. The molecule has 0 spiro atoms. The lowest BCUT2D eigenvalue weighted by Crippen LogP contribution is -2.49. The third-order valence-electron chi connectivity index (χ3n) is 4.62. The van der Waals surface area contributed by atoms with Crippen LogP contribution in [-0.4, -0.2) is 35.8 Å². The molecule has 0 radical (unpaired) electrons. The average Bonchev–Trinajstić information content (AvgIpc) is 2.65. The number of terminal acetylenes is 1. The van der Waals surface area contributed by atoms with E-state index in [1.165, 1.54) is 19.3 Å². The minimum Gasteiger partial charge on any atom is -0.344 e. The van der Waals surface area contributed by atoms with Crippen LogP contribution in [0.15, 0.2) is 0 Å². The van der Waals surface area contributed by atoms with E-state index in [1.54, 1.807) is 0 Å². The minimum atomic E-state index is -0.298. The lowest BCUT2D eigenvalue weighted by Gasteiger charge is -2.31. The molecule has 1 heterocycles. The number of carbonyl (C=O) groups is 2. The van der Waals surface area contributed by atoms with Crippen molar-refractivity contribution in [3.8, 4) is 12.3 Å². The van der Waals surface area contributed by atoms with Gasteiger partial charge in [0.15, 0.2) is 0 Å². The van der Waals surface area contributed by atoms with Gasteiger partial charge in [-0.15, -0.1) is 12.3 Å². The molecule has 2 amide bonds. The summed E-state index contributed by atoms with van der Waals surface area (Å²) in [6.45, 7) is 1.27. The largest absolute Gasteiger partial charge is 0.344 e. The minimum absolute atomic E-state index is 0.0186. The maximum atomic E-state index is 12.7. The smallest absolute Gasteiger partial charge is 0.245 e. The first-order valence-electron chi connectivity index (χ1n) is 8.24. The molecule has 1 aliphatic heterocycles. The number of nitrogens with zero attached hydrogens (tertiary/aromatic N) is 1. The van der Waals surface area contributed by atoms with E-state index >= 15 is 0 Å². The van der Waals surface area contributed by atoms with E-state index in [-0.39, 0.29) is 17.9 Å². The van der Waals surface area contributed by atoms with Crippen molar-refractivity contribution in [2.75, 3.05) is 13.1 Å². The van der Waals surface area contributed by atoms with Crippen LogP contribution in [0.2, 0.25) is 0 Å². The van der Waals surface area contributed by atoms with Crippen LogP contribution < -0.4 is 5.32 Å². The van der Waals surface area contributed by atoms with E-state index in [1.807, 2.05) is 4.90 Å². The van der Waals surface area contributed by atoms with Crippen molar-refractivity contribution in [3.05, 3.63) is 0 Å². The van der Waals surface area contributed by atoms with Crippen LogP contribution in [0.1, 0.15) is 57.8 Å². The van der Waals surface area contributed by atoms with Crippen molar-refractivity contribution >= 4 is 11.8 Å². The van der Waals surface area contributed by atoms with Gasteiger partial charge in [0.2, 0.25) is 11.8 Å². The molecule has 4 nitrogen and oxygen atoms in total. The van der Waals surface area contributed by atoms with Crippen molar-refractivity contribution in [3.63, 3.8) is 0 Å². The molecule has 1 saturated carbocycles. The third-order valence-corrected chi connectivity index (χ3v) is 4.62. The zero-order valence-corrected chi connectivity index (χ0v) is 12.8. The second-order valence-electron chi connectivity index (χ2n) is 6.18. The average molecular weight is 290 g/mol. The summed E-state index contributed by atoms with van der Waals surface area (Å²) in [5, 5.41) is 2.97. The summed E-state index contributed by atoms with van der Waals surface area (Å²) >= 11 is 0. The standard InChI is InChI=1S/C17H26N2O2/c1-2-3-4-8-12-19-13-11-15(20)18-16(17(19)21)14-9-6-5-7-10-14/h1,14,16H,3-13H2,(H,18,20). The van der Waals surface area contributed by atoms with Crippen molar-refractivity contribution in [2.24, 2.45) is 5.92 Å². The molecule has 1 saturated heterocycles. The van der Waals surface area contributed by atoms with Crippen LogP contribution >= 0.6 is 0 Å². The summed E-state index contributed by atoms with van der Waals surface area (Å²) < 4.78 is 0. The van der Waals surface area contributed by atoms with Gasteiger partial charge >= 0.3 is 0 Å². The summed E-state index contributed by atoms with van der Waals surface area (Å²) in [5.74, 6) is 3.08. The molecule has 0 aromatic rings. The molecule has 1 unspecified atom stereocenters. The highest BCUT2D eigenvalue weighted by atomic mass is 16.2. The molecule has 116 valence electrons. The Balaban J connectivity index is 1.96. The Morgan fingerprint density at radius 2 is 1.95 bits per heavy atom. The molecule has 1 aliphatic carbocycles. The quantitative estimate of drug-likeness (QED) is 0.622. The summed E-state index contributed by atoms with van der Waals surface area (Å²) in [7, 11) is 0. The maximum absolute atomic E-state index is 12.7. The Morgan fingerprint density at radius 3 is 2.67 bits per heavy atom.